The number of benzene rings is 1. The van der Waals surface area contributed by atoms with Crippen molar-refractivity contribution in [3.63, 3.8) is 0 Å². The van der Waals surface area contributed by atoms with E-state index < -0.39 is 37.7 Å². The summed E-state index contributed by atoms with van der Waals surface area (Å²) < 4.78 is 60.9. The first-order chi connectivity index (χ1) is 8.06. The molecule has 100 valence electrons. The maximum Gasteiger partial charge on any atom is 0.534 e. The minimum atomic E-state index is -6.04. The molecule has 0 saturated heterocycles. The van der Waals surface area contributed by atoms with Gasteiger partial charge in [0.1, 0.15) is 0 Å². The Morgan fingerprint density at radius 3 is 2.33 bits per heavy atom. The van der Waals surface area contributed by atoms with E-state index in [-0.39, 0.29) is 0 Å². The Labute approximate surface area is 97.7 Å². The lowest BCUT2D eigenvalue weighted by molar-refractivity contribution is -0.386. The summed E-state index contributed by atoms with van der Waals surface area (Å²) in [4.78, 5) is 9.20. The minimum Gasteiger partial charge on any atom is -0.502 e. The van der Waals surface area contributed by atoms with E-state index in [1.807, 2.05) is 0 Å². The van der Waals surface area contributed by atoms with E-state index in [1.54, 1.807) is 0 Å². The molecule has 1 N–H and O–H groups in total. The van der Waals surface area contributed by atoms with Gasteiger partial charge in [-0.2, -0.15) is 21.6 Å². The lowest BCUT2D eigenvalue weighted by atomic mass is 10.3. The highest BCUT2D eigenvalue weighted by atomic mass is 32.2. The van der Waals surface area contributed by atoms with Gasteiger partial charge in [-0.15, -0.1) is 0 Å². The molecule has 0 amide bonds. The molecule has 1 aromatic carbocycles. The molecule has 0 spiro atoms. The van der Waals surface area contributed by atoms with Gasteiger partial charge < -0.3 is 9.29 Å². The van der Waals surface area contributed by atoms with Gasteiger partial charge in [0.05, 0.1) is 4.92 Å². The van der Waals surface area contributed by atoms with Crippen LogP contribution in [0.3, 0.4) is 0 Å². The molecule has 0 aliphatic heterocycles. The quantitative estimate of drug-likeness (QED) is 0.391. The third-order valence-electron chi connectivity index (χ3n) is 1.64. The van der Waals surface area contributed by atoms with Crippen LogP contribution in [0, 0.1) is 10.1 Å². The van der Waals surface area contributed by atoms with Gasteiger partial charge >= 0.3 is 21.3 Å². The Kier molecular flexibility index (Phi) is 3.37. The molecule has 0 atom stereocenters. The first-order valence-electron chi connectivity index (χ1n) is 4.03. The zero-order chi connectivity index (χ0) is 14.1. The van der Waals surface area contributed by atoms with Crippen LogP contribution in [0.25, 0.3) is 0 Å². The van der Waals surface area contributed by atoms with Crippen LogP contribution in [0.15, 0.2) is 18.2 Å². The molecule has 0 aliphatic rings. The van der Waals surface area contributed by atoms with Gasteiger partial charge in [-0.1, -0.05) is 6.07 Å². The molecule has 0 radical (unpaired) electrons. The molecule has 1 rings (SSSR count). The fourth-order valence-electron chi connectivity index (χ4n) is 0.927. The topological polar surface area (TPSA) is 107 Å². The molecule has 1 aromatic rings. The maximum atomic E-state index is 12.0. The first kappa shape index (κ1) is 14.0. The summed E-state index contributed by atoms with van der Waals surface area (Å²) in [6.07, 6.45) is 0. The highest BCUT2D eigenvalue weighted by Crippen LogP contribution is 2.38. The van der Waals surface area contributed by atoms with Crippen molar-refractivity contribution in [2.24, 2.45) is 0 Å². The second kappa shape index (κ2) is 4.33. The van der Waals surface area contributed by atoms with Crippen LogP contribution in [0.5, 0.6) is 11.5 Å². The SMILES string of the molecule is O=[N+]([O-])c1c(O)cccc1OS(=O)(=O)C(F)(F)F. The standard InChI is InChI=1S/C7H4F3NO6S/c8-7(9,10)18(15,16)17-5-3-1-2-4(12)6(5)11(13)14/h1-3,12H. The summed E-state index contributed by atoms with van der Waals surface area (Å²) in [5.74, 6) is -2.24. The van der Waals surface area contributed by atoms with Crippen molar-refractivity contribution in [1.29, 1.82) is 0 Å². The Hall–Kier alpha value is -2.04. The van der Waals surface area contributed by atoms with Crippen molar-refractivity contribution in [1.82, 2.24) is 0 Å². The molecule has 0 heterocycles. The summed E-state index contributed by atoms with van der Waals surface area (Å²) in [7, 11) is -6.04. The van der Waals surface area contributed by atoms with Crippen molar-refractivity contribution < 1.29 is 35.8 Å². The molecule has 7 nitrogen and oxygen atoms in total. The largest absolute Gasteiger partial charge is 0.534 e. The Morgan fingerprint density at radius 1 is 1.33 bits per heavy atom. The van der Waals surface area contributed by atoms with Gasteiger partial charge in [-0.25, -0.2) is 0 Å². The minimum absolute atomic E-state index is 0.612. The van der Waals surface area contributed by atoms with E-state index in [4.69, 9.17) is 5.11 Å². The van der Waals surface area contributed by atoms with E-state index in [9.17, 15) is 31.7 Å². The van der Waals surface area contributed by atoms with E-state index >= 15 is 0 Å². The third kappa shape index (κ3) is 2.61. The van der Waals surface area contributed by atoms with Crippen LogP contribution in [0.1, 0.15) is 0 Å². The number of nitro groups is 1. The summed E-state index contributed by atoms with van der Waals surface area (Å²) >= 11 is 0. The van der Waals surface area contributed by atoms with Crippen LogP contribution in [-0.2, 0) is 10.1 Å². The Balaban J connectivity index is 3.30. The molecule has 0 saturated carbocycles. The van der Waals surface area contributed by atoms with Crippen molar-refractivity contribution in [3.8, 4) is 11.5 Å². The summed E-state index contributed by atoms with van der Waals surface area (Å²) in [6.45, 7) is 0. The Bertz CT molecular complexity index is 581. The van der Waals surface area contributed by atoms with Crippen LogP contribution in [-0.4, -0.2) is 24.0 Å². The molecule has 11 heteroatoms. The lowest BCUT2D eigenvalue weighted by Crippen LogP contribution is -2.28. The van der Waals surface area contributed by atoms with Gasteiger partial charge in [0.15, 0.2) is 5.75 Å². The Morgan fingerprint density at radius 2 is 1.89 bits per heavy atom. The van der Waals surface area contributed by atoms with E-state index in [0.29, 0.717) is 6.07 Å². The summed E-state index contributed by atoms with van der Waals surface area (Å²) in [5.41, 5.74) is -7.00. The zero-order valence-electron chi connectivity index (χ0n) is 8.21. The van der Waals surface area contributed by atoms with Gasteiger partial charge in [0.25, 0.3) is 0 Å². The van der Waals surface area contributed by atoms with Gasteiger partial charge in [0, 0.05) is 0 Å². The monoisotopic (exact) mass is 287 g/mol. The summed E-state index contributed by atoms with van der Waals surface area (Å²) in [6, 6.07) is 2.30. The molecule has 0 aliphatic carbocycles. The smallest absolute Gasteiger partial charge is 0.502 e. The number of phenols is 1. The summed E-state index contributed by atoms with van der Waals surface area (Å²) in [5, 5.41) is 19.5. The number of nitrogens with zero attached hydrogens (tertiary/aromatic N) is 1. The number of nitro benzene ring substituents is 1. The average molecular weight is 287 g/mol. The first-order valence-corrected chi connectivity index (χ1v) is 5.44. The van der Waals surface area contributed by atoms with Crippen LogP contribution in [0.4, 0.5) is 18.9 Å². The molecular formula is C7H4F3NO6S. The van der Waals surface area contributed by atoms with Crippen LogP contribution < -0.4 is 4.18 Å². The van der Waals surface area contributed by atoms with E-state index in [2.05, 4.69) is 4.18 Å². The molecule has 0 aromatic heterocycles. The fraction of sp³-hybridized carbons (Fsp3) is 0.143. The highest BCUT2D eigenvalue weighted by Gasteiger charge is 2.49. The predicted octanol–water partition coefficient (Wildman–Crippen LogP) is 1.53. The number of alkyl halides is 3. The molecule has 0 fully saturated rings. The van der Waals surface area contributed by atoms with Crippen LogP contribution in [0.2, 0.25) is 0 Å². The van der Waals surface area contributed by atoms with Gasteiger partial charge in [-0.05, 0) is 12.1 Å². The number of phenolic OH excluding ortho intramolecular Hbond substituents is 1. The lowest BCUT2D eigenvalue weighted by Gasteiger charge is -2.09. The zero-order valence-corrected chi connectivity index (χ0v) is 9.03. The third-order valence-corrected chi connectivity index (χ3v) is 2.61. The van der Waals surface area contributed by atoms with Crippen molar-refractivity contribution >= 4 is 15.8 Å². The number of hydrogen-bond donors (Lipinski definition) is 1. The second-order valence-electron chi connectivity index (χ2n) is 2.86. The predicted molar refractivity (Wildman–Crippen MR) is 50.4 cm³/mol. The van der Waals surface area contributed by atoms with E-state index in [1.165, 1.54) is 0 Å². The molecular weight excluding hydrogens is 283 g/mol. The normalized spacial score (nSPS) is 12.2. The van der Waals surface area contributed by atoms with Gasteiger partial charge in [0.2, 0.25) is 5.75 Å². The average Bonchev–Trinajstić information content (AvgIpc) is 2.14. The molecule has 0 unspecified atom stereocenters. The second-order valence-corrected chi connectivity index (χ2v) is 4.40. The number of rotatable bonds is 3. The number of hydrogen-bond acceptors (Lipinski definition) is 6. The molecule has 0 bridgehead atoms. The van der Waals surface area contributed by atoms with Crippen LogP contribution >= 0.6 is 0 Å². The number of aromatic hydroxyl groups is 1. The fourth-order valence-corrected chi connectivity index (χ4v) is 1.39. The van der Waals surface area contributed by atoms with Crippen molar-refractivity contribution in [2.45, 2.75) is 5.51 Å². The highest BCUT2D eigenvalue weighted by molar-refractivity contribution is 7.88. The number of halogens is 3. The number of para-hydroxylation sites is 1. The van der Waals surface area contributed by atoms with Gasteiger partial charge in [-0.3, -0.25) is 10.1 Å². The van der Waals surface area contributed by atoms with Crippen molar-refractivity contribution in [2.75, 3.05) is 0 Å². The van der Waals surface area contributed by atoms with Crippen molar-refractivity contribution in [3.05, 3.63) is 28.3 Å². The maximum absolute atomic E-state index is 12.0. The molecule has 18 heavy (non-hydrogen) atoms. The van der Waals surface area contributed by atoms with E-state index in [0.717, 1.165) is 12.1 Å².